The van der Waals surface area contributed by atoms with Crippen LogP contribution in [0.5, 0.6) is 5.75 Å². The average molecular weight is 739 g/mol. The molecule has 1 spiro atoms. The number of Topliss-reactive ketones (excluding diaryl/α,β-unsaturated/α-hetero) is 1. The fraction of sp³-hybridized carbons (Fsp3) is 0.556. The third kappa shape index (κ3) is 7.96. The van der Waals surface area contributed by atoms with Crippen molar-refractivity contribution in [1.82, 2.24) is 5.32 Å². The Hall–Kier alpha value is -3.78. The van der Waals surface area contributed by atoms with E-state index >= 15 is 0 Å². The van der Waals surface area contributed by atoms with Crippen LogP contribution in [-0.4, -0.2) is 58.2 Å². The largest absolute Gasteiger partial charge is 0.414 e. The summed E-state index contributed by atoms with van der Waals surface area (Å²) in [5.74, 6) is 6.12. The highest BCUT2D eigenvalue weighted by molar-refractivity contribution is 5.97. The van der Waals surface area contributed by atoms with Crippen molar-refractivity contribution in [2.45, 2.75) is 122 Å². The Morgan fingerprint density at radius 1 is 1.20 bits per heavy atom. The maximum Gasteiger partial charge on any atom is 0.414 e. The number of amides is 1. The SMILES string of the molecule is C=C1C=CC=C2C(CCCC3CC4(C(CCCO)C(=C(C)C(=O)Cc5cccc6c5OC(=O)NC6N)CCC4(C)O)C(O)C23)OCC#CCC(C)=CCC1. The number of fused-ring (bicyclic) bond motifs is 4. The number of hydrogen-bond donors (Lipinski definition) is 5. The minimum absolute atomic E-state index is 0.00444. The van der Waals surface area contributed by atoms with Gasteiger partial charge in [0.2, 0.25) is 0 Å². The number of carbonyl (C=O) groups excluding carboxylic acids is 2. The molecule has 1 amide bonds. The number of aliphatic hydroxyl groups is 3. The second kappa shape index (κ2) is 16.9. The van der Waals surface area contributed by atoms with Crippen LogP contribution in [0.15, 0.2) is 76.9 Å². The van der Waals surface area contributed by atoms with Crippen LogP contribution in [0.4, 0.5) is 4.79 Å². The normalized spacial score (nSPS) is 33.9. The Kier molecular flexibility index (Phi) is 12.5. The van der Waals surface area contributed by atoms with Crippen LogP contribution in [0.25, 0.3) is 0 Å². The number of carbonyl (C=O) groups is 2. The number of ether oxygens (including phenoxy) is 2. The Bertz CT molecular complexity index is 1810. The van der Waals surface area contributed by atoms with Gasteiger partial charge in [0, 0.05) is 41.9 Å². The topological polar surface area (TPSA) is 151 Å². The third-order valence-electron chi connectivity index (χ3n) is 13.0. The van der Waals surface area contributed by atoms with Crippen LogP contribution >= 0.6 is 0 Å². The van der Waals surface area contributed by atoms with Gasteiger partial charge in [0.1, 0.15) is 18.5 Å². The summed E-state index contributed by atoms with van der Waals surface area (Å²) in [6.45, 7) is 10.3. The van der Waals surface area contributed by atoms with E-state index in [0.717, 1.165) is 48.8 Å². The quantitative estimate of drug-likeness (QED) is 0.121. The number of aliphatic hydroxyl groups excluding tert-OH is 2. The van der Waals surface area contributed by atoms with Crippen LogP contribution in [0, 0.1) is 35.0 Å². The van der Waals surface area contributed by atoms with Gasteiger partial charge in [0.15, 0.2) is 5.78 Å². The van der Waals surface area contributed by atoms with Crippen molar-refractivity contribution in [3.63, 3.8) is 0 Å². The number of allylic oxidation sites excluding steroid dienone is 8. The summed E-state index contributed by atoms with van der Waals surface area (Å²) in [4.78, 5) is 26.4. The highest BCUT2D eigenvalue weighted by Crippen LogP contribution is 2.66. The second-order valence-electron chi connectivity index (χ2n) is 16.3. The molecule has 0 aromatic heterocycles. The summed E-state index contributed by atoms with van der Waals surface area (Å²) in [6, 6.07) is 5.35. The van der Waals surface area contributed by atoms with Gasteiger partial charge in [0.25, 0.3) is 0 Å². The first-order chi connectivity index (χ1) is 25.9. The van der Waals surface area contributed by atoms with Crippen molar-refractivity contribution >= 4 is 11.9 Å². The smallest absolute Gasteiger partial charge is 0.410 e. The molecule has 0 radical (unpaired) electrons. The molecular weight excluding hydrogens is 681 g/mol. The first-order valence-corrected chi connectivity index (χ1v) is 19.8. The van der Waals surface area contributed by atoms with Gasteiger partial charge in [-0.1, -0.05) is 84.1 Å². The van der Waals surface area contributed by atoms with Gasteiger partial charge in [-0.15, -0.1) is 0 Å². The lowest BCUT2D eigenvalue weighted by atomic mass is 9.52. The average Bonchev–Trinajstić information content (AvgIpc) is 3.30. The molecule has 290 valence electrons. The molecule has 0 bridgehead atoms. The van der Waals surface area contributed by atoms with Crippen molar-refractivity contribution in [3.05, 3.63) is 88.1 Å². The summed E-state index contributed by atoms with van der Waals surface area (Å²) in [6.07, 6.45) is 13.3. The lowest BCUT2D eigenvalue weighted by molar-refractivity contribution is -0.168. The van der Waals surface area contributed by atoms with Gasteiger partial charge in [-0.25, -0.2) is 4.79 Å². The molecule has 1 aromatic rings. The van der Waals surface area contributed by atoms with E-state index in [0.29, 0.717) is 67.6 Å². The highest BCUT2D eigenvalue weighted by Gasteiger charge is 2.67. The molecule has 0 saturated heterocycles. The van der Waals surface area contributed by atoms with Gasteiger partial charge in [-0.3, -0.25) is 4.79 Å². The fourth-order valence-corrected chi connectivity index (χ4v) is 10.1. The van der Waals surface area contributed by atoms with Gasteiger partial charge >= 0.3 is 6.09 Å². The molecule has 5 aliphatic rings. The third-order valence-corrected chi connectivity index (χ3v) is 13.0. The molecule has 9 heteroatoms. The predicted octanol–water partition coefficient (Wildman–Crippen LogP) is 6.83. The number of para-hydroxylation sites is 1. The van der Waals surface area contributed by atoms with Crippen LogP contribution in [0.2, 0.25) is 0 Å². The summed E-state index contributed by atoms with van der Waals surface area (Å²) < 4.78 is 12.0. The molecule has 8 atom stereocenters. The van der Waals surface area contributed by atoms with E-state index < -0.39 is 29.4 Å². The van der Waals surface area contributed by atoms with Crippen LogP contribution in [-0.2, 0) is 16.0 Å². The fourth-order valence-electron chi connectivity index (χ4n) is 10.1. The number of nitrogens with one attached hydrogen (secondary N) is 1. The van der Waals surface area contributed by atoms with Gasteiger partial charge < -0.3 is 35.8 Å². The van der Waals surface area contributed by atoms with Crippen molar-refractivity contribution < 1.29 is 34.4 Å². The van der Waals surface area contributed by atoms with E-state index in [1.807, 2.05) is 26.0 Å². The Balaban J connectivity index is 1.38. The van der Waals surface area contributed by atoms with Gasteiger partial charge in [-0.05, 0) is 102 Å². The molecule has 8 unspecified atom stereocenters. The van der Waals surface area contributed by atoms with Crippen molar-refractivity contribution in [3.8, 4) is 17.6 Å². The summed E-state index contributed by atoms with van der Waals surface area (Å²) in [7, 11) is 0. The molecule has 3 saturated carbocycles. The first kappa shape index (κ1) is 39.9. The second-order valence-corrected chi connectivity index (χ2v) is 16.3. The van der Waals surface area contributed by atoms with Crippen molar-refractivity contribution in [1.29, 1.82) is 0 Å². The van der Waals surface area contributed by atoms with E-state index in [9.17, 15) is 24.9 Å². The maximum absolute atomic E-state index is 14.2. The van der Waals surface area contributed by atoms with E-state index in [1.165, 1.54) is 5.57 Å². The minimum atomic E-state index is -1.24. The molecule has 6 rings (SSSR count). The van der Waals surface area contributed by atoms with Gasteiger partial charge in [-0.2, -0.15) is 0 Å². The lowest BCUT2D eigenvalue weighted by Gasteiger charge is -2.56. The van der Waals surface area contributed by atoms with E-state index in [4.69, 9.17) is 15.2 Å². The number of rotatable bonds is 6. The molecule has 3 aliphatic carbocycles. The van der Waals surface area contributed by atoms with E-state index in [-0.39, 0.29) is 42.7 Å². The Labute approximate surface area is 320 Å². The Morgan fingerprint density at radius 2 is 2.02 bits per heavy atom. The summed E-state index contributed by atoms with van der Waals surface area (Å²) >= 11 is 0. The van der Waals surface area contributed by atoms with Crippen LogP contribution < -0.4 is 15.8 Å². The van der Waals surface area contributed by atoms with Crippen molar-refractivity contribution in [2.75, 3.05) is 13.2 Å². The van der Waals surface area contributed by atoms with Crippen LogP contribution in [0.3, 0.4) is 0 Å². The molecule has 1 aromatic carbocycles. The summed E-state index contributed by atoms with van der Waals surface area (Å²) in [5.41, 5.74) is 9.92. The molecule has 3 fully saturated rings. The van der Waals surface area contributed by atoms with Gasteiger partial charge in [0.05, 0.1) is 17.8 Å². The molecule has 2 aliphatic heterocycles. The maximum atomic E-state index is 14.2. The molecular formula is C45H58N2O7. The zero-order valence-electron chi connectivity index (χ0n) is 32.2. The monoisotopic (exact) mass is 738 g/mol. The Morgan fingerprint density at radius 3 is 2.81 bits per heavy atom. The summed E-state index contributed by atoms with van der Waals surface area (Å²) in [5, 5.41) is 38.2. The van der Waals surface area contributed by atoms with E-state index in [2.05, 4.69) is 42.8 Å². The predicted molar refractivity (Wildman–Crippen MR) is 209 cm³/mol. The number of nitrogens with two attached hydrogens (primary N) is 1. The number of benzene rings is 1. The molecule has 6 N–H and O–H groups in total. The standard InChI is InChI=1S/C45H58N2O7/c1-28-12-5-6-25-53-38-21-10-17-32-27-45(41(50)39(32)34(38)18-8-15-29(2)14-7-13-28)36(20-11-24-48)33(22-23-44(45,4)52)30(3)37(49)26-31-16-9-19-35-40(31)54-43(51)47-42(35)46/h8-9,13,15-16,18-19,32,36,38-39,41-42,48,50,52H,2,7,10-12,14,17,20-27,46H2,1,3-4H3,(H,47,51). The molecule has 54 heavy (non-hydrogen) atoms. The minimum Gasteiger partial charge on any atom is -0.410 e. The molecule has 2 heterocycles. The van der Waals surface area contributed by atoms with Crippen molar-refractivity contribution in [2.24, 2.45) is 28.9 Å². The van der Waals surface area contributed by atoms with E-state index in [1.54, 1.807) is 18.2 Å². The number of ketones is 1. The number of hydrogen-bond acceptors (Lipinski definition) is 8. The van der Waals surface area contributed by atoms with Crippen LogP contribution in [0.1, 0.15) is 109 Å². The first-order valence-electron chi connectivity index (χ1n) is 19.8. The zero-order chi connectivity index (χ0) is 38.6. The zero-order valence-corrected chi connectivity index (χ0v) is 32.2. The highest BCUT2D eigenvalue weighted by atomic mass is 16.6. The molecule has 9 nitrogen and oxygen atoms in total. The lowest BCUT2D eigenvalue weighted by Crippen LogP contribution is -2.59.